The Bertz CT molecular complexity index is 799. The van der Waals surface area contributed by atoms with Crippen LogP contribution in [0, 0.1) is 0 Å². The first-order valence-corrected chi connectivity index (χ1v) is 6.69. The number of nitrogens with zero attached hydrogens (tertiary/aromatic N) is 4. The van der Waals surface area contributed by atoms with E-state index in [-0.39, 0.29) is 11.2 Å². The molecule has 0 spiro atoms. The summed E-state index contributed by atoms with van der Waals surface area (Å²) in [7, 11) is 2.92. The molecule has 2 heterocycles. The second-order valence-corrected chi connectivity index (χ2v) is 4.87. The second-order valence-electron chi connectivity index (χ2n) is 4.87. The average molecular weight is 294 g/mol. The van der Waals surface area contributed by atoms with Crippen molar-refractivity contribution in [2.45, 2.75) is 26.3 Å². The number of fused-ring (bicyclic) bond motifs is 1. The smallest absolute Gasteiger partial charge is 0.332 e. The number of carbonyl (C=O) groups excluding carboxylic acids is 1. The third-order valence-corrected chi connectivity index (χ3v) is 3.38. The summed E-state index contributed by atoms with van der Waals surface area (Å²) in [6.07, 6.45) is 2.10. The molecule has 0 unspecified atom stereocenters. The van der Waals surface area contributed by atoms with Gasteiger partial charge in [0, 0.05) is 14.1 Å². The van der Waals surface area contributed by atoms with Crippen molar-refractivity contribution in [3.63, 3.8) is 0 Å². The van der Waals surface area contributed by atoms with E-state index in [1.807, 2.05) is 6.92 Å². The van der Waals surface area contributed by atoms with Crippen molar-refractivity contribution in [1.82, 2.24) is 18.7 Å². The molecule has 114 valence electrons. The van der Waals surface area contributed by atoms with Gasteiger partial charge in [-0.2, -0.15) is 0 Å². The van der Waals surface area contributed by atoms with Gasteiger partial charge in [0.05, 0.1) is 12.9 Å². The Hall–Kier alpha value is -2.38. The lowest BCUT2D eigenvalue weighted by molar-refractivity contribution is -0.147. The van der Waals surface area contributed by atoms with E-state index in [2.05, 4.69) is 4.98 Å². The topological polar surface area (TPSA) is 88.1 Å². The molecule has 8 heteroatoms. The Balaban J connectivity index is 2.60. The molecule has 8 nitrogen and oxygen atoms in total. The van der Waals surface area contributed by atoms with Gasteiger partial charge in [-0.05, 0) is 13.3 Å². The molecule has 0 aliphatic carbocycles. The first kappa shape index (κ1) is 15.0. The Morgan fingerprint density at radius 3 is 2.62 bits per heavy atom. The average Bonchev–Trinajstić information content (AvgIpc) is 2.92. The highest BCUT2D eigenvalue weighted by Crippen LogP contribution is 2.14. The summed E-state index contributed by atoms with van der Waals surface area (Å²) < 4.78 is 8.79. The number of ether oxygens (including phenoxy) is 1. The highest BCUT2D eigenvalue weighted by Gasteiger charge is 2.22. The van der Waals surface area contributed by atoms with Crippen LogP contribution < -0.4 is 11.2 Å². The van der Waals surface area contributed by atoms with Crippen LogP contribution in [0.3, 0.4) is 0 Å². The molecule has 0 radical (unpaired) electrons. The van der Waals surface area contributed by atoms with E-state index in [0.717, 1.165) is 11.0 Å². The number of aromatic nitrogens is 4. The van der Waals surface area contributed by atoms with Crippen molar-refractivity contribution in [3.05, 3.63) is 27.2 Å². The Kier molecular flexibility index (Phi) is 3.97. The number of hydrogen-bond acceptors (Lipinski definition) is 5. The number of carbonyl (C=O) groups is 1. The predicted octanol–water partition coefficient (Wildman–Crippen LogP) is -0.0521. The molecule has 2 aromatic rings. The Morgan fingerprint density at radius 2 is 2.00 bits per heavy atom. The summed E-state index contributed by atoms with van der Waals surface area (Å²) in [4.78, 5) is 40.1. The van der Waals surface area contributed by atoms with Crippen LogP contribution >= 0.6 is 0 Å². The molecule has 0 N–H and O–H groups in total. The van der Waals surface area contributed by atoms with Gasteiger partial charge < -0.3 is 9.30 Å². The molecule has 2 aromatic heterocycles. The van der Waals surface area contributed by atoms with Crippen molar-refractivity contribution in [2.75, 3.05) is 6.61 Å². The lowest BCUT2D eigenvalue weighted by Crippen LogP contribution is -2.38. The van der Waals surface area contributed by atoms with Gasteiger partial charge >= 0.3 is 11.7 Å². The largest absolute Gasteiger partial charge is 0.464 e. The van der Waals surface area contributed by atoms with E-state index in [0.29, 0.717) is 6.61 Å². The van der Waals surface area contributed by atoms with Crippen molar-refractivity contribution < 1.29 is 9.53 Å². The van der Waals surface area contributed by atoms with Crippen molar-refractivity contribution >= 4 is 17.1 Å². The molecule has 0 aliphatic rings. The van der Waals surface area contributed by atoms with Gasteiger partial charge in [0.1, 0.15) is 6.04 Å². The summed E-state index contributed by atoms with van der Waals surface area (Å²) in [5.41, 5.74) is -0.488. The van der Waals surface area contributed by atoms with E-state index < -0.39 is 23.3 Å². The van der Waals surface area contributed by atoms with Gasteiger partial charge in [-0.3, -0.25) is 13.9 Å². The third kappa shape index (κ3) is 2.37. The molecular formula is C13H18N4O4. The van der Waals surface area contributed by atoms with Crippen LogP contribution in [-0.2, 0) is 23.6 Å². The maximum Gasteiger partial charge on any atom is 0.332 e. The molecule has 2 rings (SSSR count). The molecule has 1 atom stereocenters. The lowest BCUT2D eigenvalue weighted by atomic mass is 10.3. The third-order valence-electron chi connectivity index (χ3n) is 3.38. The zero-order valence-electron chi connectivity index (χ0n) is 12.5. The highest BCUT2D eigenvalue weighted by molar-refractivity contribution is 5.78. The van der Waals surface area contributed by atoms with E-state index in [4.69, 9.17) is 4.74 Å². The quantitative estimate of drug-likeness (QED) is 0.738. The van der Waals surface area contributed by atoms with Crippen LogP contribution in [0.4, 0.5) is 0 Å². The highest BCUT2D eigenvalue weighted by atomic mass is 16.5. The molecule has 0 fully saturated rings. The number of rotatable bonds is 4. The molecular weight excluding hydrogens is 276 g/mol. The summed E-state index contributed by atoms with van der Waals surface area (Å²) in [5, 5.41) is 0. The van der Waals surface area contributed by atoms with Crippen molar-refractivity contribution in [2.24, 2.45) is 14.1 Å². The number of hydrogen-bond donors (Lipinski definition) is 0. The predicted molar refractivity (Wildman–Crippen MR) is 76.2 cm³/mol. The normalized spacial score (nSPS) is 12.6. The van der Waals surface area contributed by atoms with Gasteiger partial charge in [-0.15, -0.1) is 0 Å². The van der Waals surface area contributed by atoms with Gasteiger partial charge in [0.2, 0.25) is 0 Å². The summed E-state index contributed by atoms with van der Waals surface area (Å²) in [6, 6.07) is -0.688. The lowest BCUT2D eigenvalue weighted by Gasteiger charge is -2.13. The van der Waals surface area contributed by atoms with Crippen LogP contribution in [-0.4, -0.2) is 31.3 Å². The van der Waals surface area contributed by atoms with Crippen LogP contribution in [0.2, 0.25) is 0 Å². The van der Waals surface area contributed by atoms with Crippen LogP contribution in [0.25, 0.3) is 11.2 Å². The second kappa shape index (κ2) is 5.55. The summed E-state index contributed by atoms with van der Waals surface area (Å²) in [6.45, 7) is 3.85. The molecule has 0 amide bonds. The number of esters is 1. The van der Waals surface area contributed by atoms with Crippen molar-refractivity contribution in [1.29, 1.82) is 0 Å². The minimum Gasteiger partial charge on any atom is -0.464 e. The van der Waals surface area contributed by atoms with Gasteiger partial charge in [0.15, 0.2) is 11.2 Å². The fourth-order valence-electron chi connectivity index (χ4n) is 2.09. The minimum absolute atomic E-state index is 0.209. The van der Waals surface area contributed by atoms with Crippen LogP contribution in [0.15, 0.2) is 15.9 Å². The standard InChI is InChI=1S/C13H18N4O4/c1-5-6-21-12(19)8(2)17-7-14-10-9(17)11(18)16(4)13(20)15(10)3/h7-8H,5-6H2,1-4H3/t8-/m1/s1. The molecule has 0 bridgehead atoms. The summed E-state index contributed by atoms with van der Waals surface area (Å²) in [5.74, 6) is -0.438. The van der Waals surface area contributed by atoms with Crippen LogP contribution in [0.1, 0.15) is 26.3 Å². The molecule has 0 aromatic carbocycles. The maximum atomic E-state index is 12.3. The van der Waals surface area contributed by atoms with Crippen LogP contribution in [0.5, 0.6) is 0 Å². The maximum absolute atomic E-state index is 12.3. The fourth-order valence-corrected chi connectivity index (χ4v) is 2.09. The van der Waals surface area contributed by atoms with E-state index in [1.165, 1.54) is 29.6 Å². The molecule has 0 aliphatic heterocycles. The Labute approximate surface area is 120 Å². The van der Waals surface area contributed by atoms with Gasteiger partial charge in [-0.25, -0.2) is 14.6 Å². The van der Waals surface area contributed by atoms with Gasteiger partial charge in [-0.1, -0.05) is 6.92 Å². The Morgan fingerprint density at radius 1 is 1.33 bits per heavy atom. The monoisotopic (exact) mass is 294 g/mol. The van der Waals surface area contributed by atoms with Gasteiger partial charge in [0.25, 0.3) is 5.56 Å². The van der Waals surface area contributed by atoms with E-state index in [9.17, 15) is 14.4 Å². The fraction of sp³-hybridized carbons (Fsp3) is 0.538. The summed E-state index contributed by atoms with van der Waals surface area (Å²) >= 11 is 0. The minimum atomic E-state index is -0.688. The number of imidazole rings is 1. The molecule has 0 saturated carbocycles. The van der Waals surface area contributed by atoms with Crippen molar-refractivity contribution in [3.8, 4) is 0 Å². The first-order chi connectivity index (χ1) is 9.90. The zero-order valence-corrected chi connectivity index (χ0v) is 12.5. The first-order valence-electron chi connectivity index (χ1n) is 6.69. The number of aryl methyl sites for hydroxylation is 1. The van der Waals surface area contributed by atoms with E-state index in [1.54, 1.807) is 6.92 Å². The molecule has 0 saturated heterocycles. The molecule has 21 heavy (non-hydrogen) atoms. The SMILES string of the molecule is CCCOC(=O)[C@@H](C)n1cnc2c1c(=O)n(C)c(=O)n2C. The zero-order chi connectivity index (χ0) is 15.7. The van der Waals surface area contributed by atoms with E-state index >= 15 is 0 Å².